The molecule has 0 saturated carbocycles. The molecular weight excluding hydrogens is 156 g/mol. The Kier molecular flexibility index (Phi) is 2.28. The van der Waals surface area contributed by atoms with Crippen molar-refractivity contribution in [2.24, 2.45) is 0 Å². The third-order valence-electron chi connectivity index (χ3n) is 1.61. The minimum absolute atomic E-state index is 0.0920. The van der Waals surface area contributed by atoms with Crippen LogP contribution in [-0.2, 0) is 0 Å². The molecule has 0 unspecified atom stereocenters. The molecular formula is C8H12N2O2. The largest absolute Gasteiger partial charge is 0.506 e. The molecule has 0 radical (unpaired) electrons. The molecule has 66 valence electrons. The molecule has 4 nitrogen and oxygen atoms in total. The van der Waals surface area contributed by atoms with E-state index in [1.807, 2.05) is 0 Å². The van der Waals surface area contributed by atoms with E-state index in [0.29, 0.717) is 17.1 Å². The average molecular weight is 168 g/mol. The van der Waals surface area contributed by atoms with Crippen molar-refractivity contribution >= 4 is 11.4 Å². The van der Waals surface area contributed by atoms with E-state index in [4.69, 9.17) is 10.5 Å². The van der Waals surface area contributed by atoms with Gasteiger partial charge in [0.25, 0.3) is 0 Å². The van der Waals surface area contributed by atoms with Crippen LogP contribution in [0.3, 0.4) is 0 Å². The lowest BCUT2D eigenvalue weighted by Crippen LogP contribution is -1.96. The van der Waals surface area contributed by atoms with Crippen LogP contribution in [0.15, 0.2) is 12.1 Å². The van der Waals surface area contributed by atoms with E-state index >= 15 is 0 Å². The fourth-order valence-electron chi connectivity index (χ4n) is 1.01. The number of nitrogens with two attached hydrogens (primary N) is 1. The topological polar surface area (TPSA) is 67.5 Å². The SMILES string of the molecule is CNc1c(N)cc(OC)cc1O. The van der Waals surface area contributed by atoms with Crippen LogP contribution in [-0.4, -0.2) is 19.3 Å². The van der Waals surface area contributed by atoms with E-state index in [0.717, 1.165) is 0 Å². The van der Waals surface area contributed by atoms with Crippen LogP contribution in [0, 0.1) is 0 Å². The van der Waals surface area contributed by atoms with E-state index < -0.39 is 0 Å². The summed E-state index contributed by atoms with van der Waals surface area (Å²) in [7, 11) is 3.21. The molecule has 0 spiro atoms. The molecule has 4 heteroatoms. The maximum Gasteiger partial charge on any atom is 0.144 e. The second-order valence-electron chi connectivity index (χ2n) is 2.36. The number of ether oxygens (including phenoxy) is 1. The number of rotatable bonds is 2. The van der Waals surface area contributed by atoms with Gasteiger partial charge in [-0.1, -0.05) is 0 Å². The highest BCUT2D eigenvalue weighted by Gasteiger charge is 2.05. The van der Waals surface area contributed by atoms with Gasteiger partial charge in [-0.2, -0.15) is 0 Å². The van der Waals surface area contributed by atoms with Crippen molar-refractivity contribution in [2.45, 2.75) is 0 Å². The number of phenolic OH excluding ortho intramolecular Hbond substituents is 1. The van der Waals surface area contributed by atoms with Crippen molar-refractivity contribution in [1.82, 2.24) is 0 Å². The number of anilines is 2. The number of methoxy groups -OCH3 is 1. The Morgan fingerprint density at radius 1 is 1.50 bits per heavy atom. The number of nitrogens with one attached hydrogen (secondary N) is 1. The highest BCUT2D eigenvalue weighted by Crippen LogP contribution is 2.33. The normalized spacial score (nSPS) is 9.50. The maximum absolute atomic E-state index is 9.38. The summed E-state index contributed by atoms with van der Waals surface area (Å²) in [5, 5.41) is 12.2. The van der Waals surface area contributed by atoms with Gasteiger partial charge < -0.3 is 20.9 Å². The molecule has 1 aromatic rings. The number of aromatic hydroxyl groups is 1. The Balaban J connectivity index is 3.18. The van der Waals surface area contributed by atoms with Gasteiger partial charge >= 0.3 is 0 Å². The Morgan fingerprint density at radius 2 is 2.17 bits per heavy atom. The number of hydrogen-bond acceptors (Lipinski definition) is 4. The van der Waals surface area contributed by atoms with Gasteiger partial charge in [-0.25, -0.2) is 0 Å². The lowest BCUT2D eigenvalue weighted by atomic mass is 10.2. The smallest absolute Gasteiger partial charge is 0.144 e. The van der Waals surface area contributed by atoms with E-state index in [2.05, 4.69) is 5.32 Å². The van der Waals surface area contributed by atoms with Crippen molar-refractivity contribution in [2.75, 3.05) is 25.2 Å². The predicted molar refractivity (Wildman–Crippen MR) is 48.6 cm³/mol. The van der Waals surface area contributed by atoms with Crippen molar-refractivity contribution in [3.05, 3.63) is 12.1 Å². The second kappa shape index (κ2) is 3.21. The van der Waals surface area contributed by atoms with Crippen LogP contribution in [0.4, 0.5) is 11.4 Å². The van der Waals surface area contributed by atoms with E-state index in [1.165, 1.54) is 13.2 Å². The average Bonchev–Trinajstić information content (AvgIpc) is 2.03. The molecule has 0 aliphatic rings. The third-order valence-corrected chi connectivity index (χ3v) is 1.61. The zero-order valence-corrected chi connectivity index (χ0v) is 7.09. The first kappa shape index (κ1) is 8.52. The molecule has 0 saturated heterocycles. The first-order chi connectivity index (χ1) is 5.69. The van der Waals surface area contributed by atoms with Gasteiger partial charge in [-0.15, -0.1) is 0 Å². The highest BCUT2D eigenvalue weighted by molar-refractivity contribution is 5.74. The number of benzene rings is 1. The first-order valence-electron chi connectivity index (χ1n) is 3.53. The first-order valence-corrected chi connectivity index (χ1v) is 3.53. The monoisotopic (exact) mass is 168 g/mol. The number of hydrogen-bond donors (Lipinski definition) is 3. The Hall–Kier alpha value is -1.58. The lowest BCUT2D eigenvalue weighted by Gasteiger charge is -2.09. The quantitative estimate of drug-likeness (QED) is 0.455. The molecule has 12 heavy (non-hydrogen) atoms. The van der Waals surface area contributed by atoms with Crippen LogP contribution in [0.2, 0.25) is 0 Å². The molecule has 0 aliphatic heterocycles. The fraction of sp³-hybridized carbons (Fsp3) is 0.250. The molecule has 1 aromatic carbocycles. The summed E-state index contributed by atoms with van der Waals surface area (Å²) in [4.78, 5) is 0. The van der Waals surface area contributed by atoms with Crippen LogP contribution in [0.1, 0.15) is 0 Å². The molecule has 0 amide bonds. The van der Waals surface area contributed by atoms with Gasteiger partial charge in [0.15, 0.2) is 0 Å². The van der Waals surface area contributed by atoms with E-state index in [1.54, 1.807) is 13.1 Å². The fourth-order valence-corrected chi connectivity index (χ4v) is 1.01. The zero-order chi connectivity index (χ0) is 9.14. The zero-order valence-electron chi connectivity index (χ0n) is 7.09. The summed E-state index contributed by atoms with van der Waals surface area (Å²) < 4.78 is 4.91. The Morgan fingerprint density at radius 3 is 2.58 bits per heavy atom. The van der Waals surface area contributed by atoms with Crippen LogP contribution in [0.5, 0.6) is 11.5 Å². The van der Waals surface area contributed by atoms with Crippen LogP contribution >= 0.6 is 0 Å². The van der Waals surface area contributed by atoms with Crippen LogP contribution in [0.25, 0.3) is 0 Å². The molecule has 0 fully saturated rings. The van der Waals surface area contributed by atoms with Gasteiger partial charge in [-0.05, 0) is 0 Å². The predicted octanol–water partition coefficient (Wildman–Crippen LogP) is 1.02. The summed E-state index contributed by atoms with van der Waals surface area (Å²) >= 11 is 0. The van der Waals surface area contributed by atoms with Gasteiger partial charge in [0.1, 0.15) is 11.5 Å². The summed E-state index contributed by atoms with van der Waals surface area (Å²) in [6.07, 6.45) is 0. The molecule has 0 bridgehead atoms. The van der Waals surface area contributed by atoms with E-state index in [9.17, 15) is 5.11 Å². The van der Waals surface area contributed by atoms with Crippen molar-refractivity contribution < 1.29 is 9.84 Å². The lowest BCUT2D eigenvalue weighted by molar-refractivity contribution is 0.408. The van der Waals surface area contributed by atoms with Crippen LogP contribution < -0.4 is 15.8 Å². The molecule has 0 heterocycles. The molecule has 0 aromatic heterocycles. The number of phenols is 1. The summed E-state index contributed by atoms with van der Waals surface area (Å²) in [5.41, 5.74) is 6.60. The molecule has 0 aliphatic carbocycles. The minimum atomic E-state index is 0.0920. The van der Waals surface area contributed by atoms with Crippen molar-refractivity contribution in [3.63, 3.8) is 0 Å². The second-order valence-corrected chi connectivity index (χ2v) is 2.36. The third kappa shape index (κ3) is 1.37. The molecule has 0 atom stereocenters. The van der Waals surface area contributed by atoms with Gasteiger partial charge in [-0.3, -0.25) is 0 Å². The van der Waals surface area contributed by atoms with Gasteiger partial charge in [0, 0.05) is 19.2 Å². The number of nitrogen functional groups attached to an aromatic ring is 1. The minimum Gasteiger partial charge on any atom is -0.506 e. The highest BCUT2D eigenvalue weighted by atomic mass is 16.5. The summed E-state index contributed by atoms with van der Waals surface area (Å²) in [5.74, 6) is 0.637. The Bertz CT molecular complexity index is 263. The van der Waals surface area contributed by atoms with E-state index in [-0.39, 0.29) is 5.75 Å². The summed E-state index contributed by atoms with van der Waals surface area (Å²) in [6, 6.07) is 3.15. The van der Waals surface area contributed by atoms with Crippen molar-refractivity contribution in [1.29, 1.82) is 0 Å². The van der Waals surface area contributed by atoms with Crippen molar-refractivity contribution in [3.8, 4) is 11.5 Å². The summed E-state index contributed by atoms with van der Waals surface area (Å²) in [6.45, 7) is 0. The maximum atomic E-state index is 9.38. The van der Waals surface area contributed by atoms with Gasteiger partial charge in [0.05, 0.1) is 18.5 Å². The standard InChI is InChI=1S/C8H12N2O2/c1-10-8-6(9)3-5(12-2)4-7(8)11/h3-4,10-11H,9H2,1-2H3. The molecule has 4 N–H and O–H groups in total. The molecule has 1 rings (SSSR count). The Labute approximate surface area is 71.0 Å². The van der Waals surface area contributed by atoms with Gasteiger partial charge in [0.2, 0.25) is 0 Å².